The lowest BCUT2D eigenvalue weighted by Gasteiger charge is -2.24. The third kappa shape index (κ3) is 5.05. The van der Waals surface area contributed by atoms with Crippen molar-refractivity contribution in [2.45, 2.75) is 38.8 Å². The predicted molar refractivity (Wildman–Crippen MR) is 116 cm³/mol. The smallest absolute Gasteiger partial charge is 0.243 e. The molecule has 0 amide bonds. The fourth-order valence-corrected chi connectivity index (χ4v) is 5.00. The van der Waals surface area contributed by atoms with Gasteiger partial charge in [0.15, 0.2) is 0 Å². The summed E-state index contributed by atoms with van der Waals surface area (Å²) < 4.78 is 34.5. The molecular weight excluding hydrogens is 382 g/mol. The van der Waals surface area contributed by atoms with E-state index < -0.39 is 10.0 Å². The average Bonchev–Trinajstić information content (AvgIpc) is 2.71. The van der Waals surface area contributed by atoms with Gasteiger partial charge in [0, 0.05) is 13.1 Å². The van der Waals surface area contributed by atoms with Gasteiger partial charge in [0.25, 0.3) is 0 Å². The second kappa shape index (κ2) is 9.25. The van der Waals surface area contributed by atoms with Gasteiger partial charge in [-0.1, -0.05) is 60.7 Å². The maximum absolute atomic E-state index is 13.7. The number of sulfonamides is 1. The zero-order chi connectivity index (χ0) is 20.9. The van der Waals surface area contributed by atoms with Crippen molar-refractivity contribution in [2.75, 3.05) is 6.61 Å². The Morgan fingerprint density at radius 1 is 0.793 bits per heavy atom. The van der Waals surface area contributed by atoms with Gasteiger partial charge in [-0.15, -0.1) is 0 Å². The molecule has 0 fully saturated rings. The standard InChI is InChI=1S/C24H27NO3S/c1-4-28-23-15-20(3)24(16-19(23)2)29(26,27)25(17-21-11-7-5-8-12-21)18-22-13-9-6-10-14-22/h5-16H,4,17-18H2,1-3H3. The Bertz CT molecular complexity index is 1010. The molecule has 0 atom stereocenters. The highest BCUT2D eigenvalue weighted by molar-refractivity contribution is 7.89. The molecule has 0 N–H and O–H groups in total. The molecule has 3 aromatic carbocycles. The molecule has 0 aromatic heterocycles. The van der Waals surface area contributed by atoms with Gasteiger partial charge in [0.1, 0.15) is 5.75 Å². The van der Waals surface area contributed by atoms with Crippen LogP contribution in [-0.2, 0) is 23.1 Å². The molecule has 0 saturated heterocycles. The van der Waals surface area contributed by atoms with Crippen molar-refractivity contribution in [3.63, 3.8) is 0 Å². The monoisotopic (exact) mass is 409 g/mol. The first-order valence-corrected chi connectivity index (χ1v) is 11.2. The van der Waals surface area contributed by atoms with Crippen molar-refractivity contribution in [3.05, 3.63) is 95.1 Å². The minimum Gasteiger partial charge on any atom is -0.494 e. The Morgan fingerprint density at radius 2 is 1.31 bits per heavy atom. The van der Waals surface area contributed by atoms with E-state index in [2.05, 4.69) is 0 Å². The number of rotatable bonds is 8. The van der Waals surface area contributed by atoms with Crippen LogP contribution in [0.25, 0.3) is 0 Å². The highest BCUT2D eigenvalue weighted by Gasteiger charge is 2.27. The van der Waals surface area contributed by atoms with E-state index in [1.54, 1.807) is 10.4 Å². The summed E-state index contributed by atoms with van der Waals surface area (Å²) in [5.74, 6) is 0.724. The zero-order valence-corrected chi connectivity index (χ0v) is 17.9. The van der Waals surface area contributed by atoms with Crippen molar-refractivity contribution < 1.29 is 13.2 Å². The summed E-state index contributed by atoms with van der Waals surface area (Å²) in [6.45, 7) is 6.77. The summed E-state index contributed by atoms with van der Waals surface area (Å²) >= 11 is 0. The summed E-state index contributed by atoms with van der Waals surface area (Å²) in [6, 6.07) is 22.9. The average molecular weight is 410 g/mol. The Hall–Kier alpha value is -2.63. The van der Waals surface area contributed by atoms with Crippen LogP contribution in [0.5, 0.6) is 5.75 Å². The molecule has 0 unspecified atom stereocenters. The van der Waals surface area contributed by atoms with Crippen LogP contribution in [0.15, 0.2) is 77.7 Å². The van der Waals surface area contributed by atoms with Gasteiger partial charge in [-0.25, -0.2) is 8.42 Å². The first kappa shape index (κ1) is 21.1. The molecule has 0 heterocycles. The van der Waals surface area contributed by atoms with Gasteiger partial charge in [-0.2, -0.15) is 4.31 Å². The summed E-state index contributed by atoms with van der Waals surface area (Å²) in [4.78, 5) is 0.324. The lowest BCUT2D eigenvalue weighted by molar-refractivity contribution is 0.337. The number of benzene rings is 3. The Morgan fingerprint density at radius 3 is 1.79 bits per heavy atom. The summed E-state index contributed by atoms with van der Waals surface area (Å²) in [6.07, 6.45) is 0. The van der Waals surface area contributed by atoms with Crippen LogP contribution in [0.3, 0.4) is 0 Å². The minimum atomic E-state index is -3.70. The third-order valence-corrected chi connectivity index (χ3v) is 6.73. The van der Waals surface area contributed by atoms with Gasteiger partial charge in [-0.05, 0) is 55.2 Å². The molecular formula is C24H27NO3S. The highest BCUT2D eigenvalue weighted by atomic mass is 32.2. The second-order valence-corrected chi connectivity index (χ2v) is 8.97. The van der Waals surface area contributed by atoms with Gasteiger partial charge in [0.2, 0.25) is 10.0 Å². The van der Waals surface area contributed by atoms with E-state index in [4.69, 9.17) is 4.74 Å². The third-order valence-electron chi connectivity index (χ3n) is 4.79. The van der Waals surface area contributed by atoms with Crippen molar-refractivity contribution in [1.82, 2.24) is 4.31 Å². The molecule has 29 heavy (non-hydrogen) atoms. The second-order valence-electron chi connectivity index (χ2n) is 7.06. The number of hydrogen-bond acceptors (Lipinski definition) is 3. The number of hydrogen-bond donors (Lipinski definition) is 0. The van der Waals surface area contributed by atoms with E-state index in [0.717, 1.165) is 22.4 Å². The molecule has 0 aliphatic rings. The van der Waals surface area contributed by atoms with Crippen molar-refractivity contribution in [2.24, 2.45) is 0 Å². The number of aryl methyl sites for hydroxylation is 2. The molecule has 3 rings (SSSR count). The molecule has 152 valence electrons. The van der Waals surface area contributed by atoms with E-state index in [1.165, 1.54) is 0 Å². The van der Waals surface area contributed by atoms with Gasteiger partial charge < -0.3 is 4.74 Å². The van der Waals surface area contributed by atoms with Gasteiger partial charge >= 0.3 is 0 Å². The molecule has 0 spiro atoms. The molecule has 0 aliphatic heterocycles. The Labute approximate surface area is 173 Å². The normalized spacial score (nSPS) is 11.6. The number of nitrogens with zero attached hydrogens (tertiary/aromatic N) is 1. The minimum absolute atomic E-state index is 0.309. The van der Waals surface area contributed by atoms with Crippen molar-refractivity contribution in [1.29, 1.82) is 0 Å². The topological polar surface area (TPSA) is 46.6 Å². The van der Waals surface area contributed by atoms with Crippen molar-refractivity contribution >= 4 is 10.0 Å². The first-order valence-electron chi connectivity index (χ1n) is 9.74. The van der Waals surface area contributed by atoms with Crippen LogP contribution in [-0.4, -0.2) is 19.3 Å². The molecule has 3 aromatic rings. The predicted octanol–water partition coefficient (Wildman–Crippen LogP) is 5.09. The molecule has 0 bridgehead atoms. The van der Waals surface area contributed by atoms with Crippen LogP contribution in [0.1, 0.15) is 29.2 Å². The SMILES string of the molecule is CCOc1cc(C)c(S(=O)(=O)N(Cc2ccccc2)Cc2ccccc2)cc1C. The number of ether oxygens (including phenoxy) is 1. The van der Waals surface area contributed by atoms with E-state index >= 15 is 0 Å². The first-order chi connectivity index (χ1) is 13.9. The largest absolute Gasteiger partial charge is 0.494 e. The van der Waals surface area contributed by atoms with Gasteiger partial charge in [0.05, 0.1) is 11.5 Å². The molecule has 0 saturated carbocycles. The fourth-order valence-electron chi connectivity index (χ4n) is 3.29. The van der Waals surface area contributed by atoms with Crippen LogP contribution in [0, 0.1) is 13.8 Å². The quantitative estimate of drug-likeness (QED) is 0.520. The van der Waals surface area contributed by atoms with Crippen LogP contribution < -0.4 is 4.74 Å². The molecule has 5 heteroatoms. The van der Waals surface area contributed by atoms with E-state index in [-0.39, 0.29) is 0 Å². The molecule has 0 radical (unpaired) electrons. The van der Waals surface area contributed by atoms with Crippen LogP contribution >= 0.6 is 0 Å². The molecule has 0 aliphatic carbocycles. The summed E-state index contributed by atoms with van der Waals surface area (Å²) in [7, 11) is -3.70. The lowest BCUT2D eigenvalue weighted by atomic mass is 10.1. The van der Waals surface area contributed by atoms with Gasteiger partial charge in [-0.3, -0.25) is 0 Å². The van der Waals surface area contributed by atoms with Crippen molar-refractivity contribution in [3.8, 4) is 5.75 Å². The Kier molecular flexibility index (Phi) is 6.72. The Balaban J connectivity index is 2.02. The van der Waals surface area contributed by atoms with E-state index in [9.17, 15) is 8.42 Å². The van der Waals surface area contributed by atoms with E-state index in [1.807, 2.05) is 87.5 Å². The molecule has 4 nitrogen and oxygen atoms in total. The zero-order valence-electron chi connectivity index (χ0n) is 17.1. The highest BCUT2D eigenvalue weighted by Crippen LogP contribution is 2.29. The van der Waals surface area contributed by atoms with Crippen LogP contribution in [0.4, 0.5) is 0 Å². The maximum atomic E-state index is 13.7. The van der Waals surface area contributed by atoms with E-state index in [0.29, 0.717) is 30.2 Å². The summed E-state index contributed by atoms with van der Waals surface area (Å²) in [5, 5.41) is 0. The fraction of sp³-hybridized carbons (Fsp3) is 0.250. The van der Waals surface area contributed by atoms with Crippen LogP contribution in [0.2, 0.25) is 0 Å². The maximum Gasteiger partial charge on any atom is 0.243 e. The summed E-state index contributed by atoms with van der Waals surface area (Å²) in [5.41, 5.74) is 3.40. The lowest BCUT2D eigenvalue weighted by Crippen LogP contribution is -2.31.